The van der Waals surface area contributed by atoms with E-state index in [0.717, 1.165) is 30.3 Å². The standard InChI is InChI=1S/C22H22F3N5O2/c1-4-5-15-6-8-17(9-7-15)29(3)21-26-14-19(22(23,24)25)20(27-21)28(2)16-10-12-18(13-11-16)30(31)32/h6-14H,4-5H2,1-3H3. The van der Waals surface area contributed by atoms with Crippen molar-refractivity contribution in [3.63, 3.8) is 0 Å². The first-order valence-corrected chi connectivity index (χ1v) is 9.87. The minimum absolute atomic E-state index is 0.0880. The van der Waals surface area contributed by atoms with Crippen LogP contribution in [0.1, 0.15) is 24.5 Å². The van der Waals surface area contributed by atoms with Gasteiger partial charge < -0.3 is 9.80 Å². The van der Waals surface area contributed by atoms with Crippen LogP contribution in [-0.4, -0.2) is 29.0 Å². The molecule has 0 aliphatic heterocycles. The fourth-order valence-corrected chi connectivity index (χ4v) is 3.19. The monoisotopic (exact) mass is 445 g/mol. The molecule has 168 valence electrons. The van der Waals surface area contributed by atoms with Gasteiger partial charge in [0.05, 0.1) is 4.92 Å². The molecule has 0 N–H and O–H groups in total. The normalized spacial score (nSPS) is 11.3. The second-order valence-corrected chi connectivity index (χ2v) is 7.21. The van der Waals surface area contributed by atoms with E-state index >= 15 is 0 Å². The van der Waals surface area contributed by atoms with Crippen LogP contribution in [0.4, 0.5) is 42.0 Å². The number of anilines is 4. The van der Waals surface area contributed by atoms with Crippen molar-refractivity contribution in [3.05, 3.63) is 76.0 Å². The molecular weight excluding hydrogens is 423 g/mol. The SMILES string of the molecule is CCCc1ccc(N(C)c2ncc(C(F)(F)F)c(N(C)c3ccc([N+](=O)[O-])cc3)n2)cc1. The Kier molecular flexibility index (Phi) is 6.61. The second kappa shape index (κ2) is 9.21. The van der Waals surface area contributed by atoms with Gasteiger partial charge in [-0.1, -0.05) is 25.5 Å². The lowest BCUT2D eigenvalue weighted by Gasteiger charge is -2.25. The second-order valence-electron chi connectivity index (χ2n) is 7.21. The average molecular weight is 445 g/mol. The lowest BCUT2D eigenvalue weighted by Crippen LogP contribution is -2.21. The Labute approximate surface area is 183 Å². The third kappa shape index (κ3) is 4.96. The molecule has 3 rings (SSSR count). The van der Waals surface area contributed by atoms with Crippen LogP contribution in [0, 0.1) is 10.1 Å². The van der Waals surface area contributed by atoms with Gasteiger partial charge in [0.2, 0.25) is 5.95 Å². The number of halogens is 3. The molecule has 0 unspecified atom stereocenters. The average Bonchev–Trinajstić information content (AvgIpc) is 2.78. The smallest absolute Gasteiger partial charge is 0.329 e. The van der Waals surface area contributed by atoms with Crippen molar-refractivity contribution < 1.29 is 18.1 Å². The summed E-state index contributed by atoms with van der Waals surface area (Å²) in [5, 5.41) is 10.9. The Balaban J connectivity index is 2.00. The molecule has 0 fully saturated rings. The molecule has 0 aliphatic rings. The van der Waals surface area contributed by atoms with Crippen LogP contribution in [-0.2, 0) is 12.6 Å². The van der Waals surface area contributed by atoms with E-state index in [2.05, 4.69) is 16.9 Å². The molecule has 0 saturated carbocycles. The summed E-state index contributed by atoms with van der Waals surface area (Å²) in [5.74, 6) is -0.268. The number of hydrogen-bond donors (Lipinski definition) is 0. The van der Waals surface area contributed by atoms with E-state index in [1.54, 1.807) is 11.9 Å². The zero-order chi connectivity index (χ0) is 23.5. The van der Waals surface area contributed by atoms with Crippen molar-refractivity contribution >= 4 is 28.8 Å². The van der Waals surface area contributed by atoms with Crippen molar-refractivity contribution in [2.75, 3.05) is 23.9 Å². The van der Waals surface area contributed by atoms with Gasteiger partial charge in [0.25, 0.3) is 5.69 Å². The highest BCUT2D eigenvalue weighted by Gasteiger charge is 2.37. The van der Waals surface area contributed by atoms with Crippen molar-refractivity contribution in [3.8, 4) is 0 Å². The Morgan fingerprint density at radius 2 is 1.53 bits per heavy atom. The highest BCUT2D eigenvalue weighted by Crippen LogP contribution is 2.38. The zero-order valence-corrected chi connectivity index (χ0v) is 17.8. The van der Waals surface area contributed by atoms with Gasteiger partial charge in [-0.3, -0.25) is 10.1 Å². The number of benzene rings is 2. The van der Waals surface area contributed by atoms with E-state index in [1.165, 1.54) is 36.2 Å². The number of rotatable bonds is 7. The number of nitrogens with zero attached hydrogens (tertiary/aromatic N) is 5. The van der Waals surface area contributed by atoms with Gasteiger partial charge in [-0.05, 0) is 36.2 Å². The number of aromatic nitrogens is 2. The minimum atomic E-state index is -4.68. The zero-order valence-electron chi connectivity index (χ0n) is 17.8. The number of non-ortho nitro benzene ring substituents is 1. The fourth-order valence-electron chi connectivity index (χ4n) is 3.19. The van der Waals surface area contributed by atoms with Crippen LogP contribution >= 0.6 is 0 Å². The minimum Gasteiger partial charge on any atom is -0.329 e. The predicted octanol–water partition coefficient (Wildman–Crippen LogP) is 5.89. The van der Waals surface area contributed by atoms with Gasteiger partial charge in [-0.2, -0.15) is 18.2 Å². The molecule has 1 aromatic heterocycles. The van der Waals surface area contributed by atoms with E-state index < -0.39 is 16.7 Å². The molecule has 32 heavy (non-hydrogen) atoms. The van der Waals surface area contributed by atoms with Crippen LogP contribution in [0.5, 0.6) is 0 Å². The molecular formula is C22H22F3N5O2. The van der Waals surface area contributed by atoms with Gasteiger partial charge in [0.1, 0.15) is 5.56 Å². The van der Waals surface area contributed by atoms with E-state index in [-0.39, 0.29) is 17.5 Å². The topological polar surface area (TPSA) is 75.4 Å². The molecule has 3 aromatic rings. The van der Waals surface area contributed by atoms with Crippen LogP contribution in [0.25, 0.3) is 0 Å². The molecule has 0 amide bonds. The first-order valence-electron chi connectivity index (χ1n) is 9.87. The Morgan fingerprint density at radius 1 is 0.969 bits per heavy atom. The first-order chi connectivity index (χ1) is 15.1. The largest absolute Gasteiger partial charge is 0.421 e. The molecule has 1 heterocycles. The van der Waals surface area contributed by atoms with E-state index in [4.69, 9.17) is 0 Å². The summed E-state index contributed by atoms with van der Waals surface area (Å²) in [6.45, 7) is 2.08. The molecule has 0 radical (unpaired) electrons. The third-order valence-electron chi connectivity index (χ3n) is 4.99. The molecule has 0 aliphatic carbocycles. The van der Waals surface area contributed by atoms with Crippen LogP contribution in [0.15, 0.2) is 54.7 Å². The predicted molar refractivity (Wildman–Crippen MR) is 117 cm³/mol. The van der Waals surface area contributed by atoms with Crippen molar-refractivity contribution in [2.24, 2.45) is 0 Å². The molecule has 0 bridgehead atoms. The maximum absolute atomic E-state index is 13.7. The van der Waals surface area contributed by atoms with Crippen LogP contribution in [0.3, 0.4) is 0 Å². The van der Waals surface area contributed by atoms with E-state index in [0.29, 0.717) is 5.69 Å². The summed E-state index contributed by atoms with van der Waals surface area (Å²) in [4.78, 5) is 21.3. The number of aryl methyl sites for hydroxylation is 1. The highest BCUT2D eigenvalue weighted by atomic mass is 19.4. The maximum Gasteiger partial charge on any atom is 0.421 e. The summed E-state index contributed by atoms with van der Waals surface area (Å²) in [6, 6.07) is 12.9. The molecule has 2 aromatic carbocycles. The molecule has 7 nitrogen and oxygen atoms in total. The summed E-state index contributed by atoms with van der Waals surface area (Å²) in [7, 11) is 3.09. The van der Waals surface area contributed by atoms with Crippen molar-refractivity contribution in [2.45, 2.75) is 25.9 Å². The fraction of sp³-hybridized carbons (Fsp3) is 0.273. The van der Waals surface area contributed by atoms with Gasteiger partial charge >= 0.3 is 6.18 Å². The highest BCUT2D eigenvalue weighted by molar-refractivity contribution is 5.66. The summed E-state index contributed by atoms with van der Waals surface area (Å²) >= 11 is 0. The van der Waals surface area contributed by atoms with E-state index in [1.807, 2.05) is 24.3 Å². The van der Waals surface area contributed by atoms with Gasteiger partial charge in [0.15, 0.2) is 5.82 Å². The summed E-state index contributed by atoms with van der Waals surface area (Å²) in [5.41, 5.74) is 1.05. The lowest BCUT2D eigenvalue weighted by molar-refractivity contribution is -0.384. The molecule has 0 atom stereocenters. The summed E-state index contributed by atoms with van der Waals surface area (Å²) < 4.78 is 41.0. The maximum atomic E-state index is 13.7. The van der Waals surface area contributed by atoms with Gasteiger partial charge in [0, 0.05) is 43.8 Å². The number of nitro benzene ring substituents is 1. The number of nitro groups is 1. The van der Waals surface area contributed by atoms with Crippen molar-refractivity contribution in [1.29, 1.82) is 0 Å². The summed E-state index contributed by atoms with van der Waals surface area (Å²) in [6.07, 6.45) is -1.98. The number of alkyl halides is 3. The number of hydrogen-bond acceptors (Lipinski definition) is 6. The Hall–Kier alpha value is -3.69. The Bertz CT molecular complexity index is 1090. The van der Waals surface area contributed by atoms with Crippen molar-refractivity contribution in [1.82, 2.24) is 9.97 Å². The molecule has 10 heteroatoms. The molecule has 0 saturated heterocycles. The van der Waals surface area contributed by atoms with Crippen LogP contribution in [0.2, 0.25) is 0 Å². The lowest BCUT2D eigenvalue weighted by atomic mass is 10.1. The first kappa shape index (κ1) is 23.0. The van der Waals surface area contributed by atoms with E-state index in [9.17, 15) is 23.3 Å². The van der Waals surface area contributed by atoms with Crippen LogP contribution < -0.4 is 9.80 Å². The molecule has 0 spiro atoms. The third-order valence-corrected chi connectivity index (χ3v) is 4.99. The van der Waals surface area contributed by atoms with Gasteiger partial charge in [-0.25, -0.2) is 4.98 Å². The Morgan fingerprint density at radius 3 is 2.06 bits per heavy atom. The quantitative estimate of drug-likeness (QED) is 0.333. The van der Waals surface area contributed by atoms with Gasteiger partial charge in [-0.15, -0.1) is 0 Å².